The van der Waals surface area contributed by atoms with Crippen LogP contribution in [0.3, 0.4) is 0 Å². The first-order chi connectivity index (χ1) is 14.1. The highest BCUT2D eigenvalue weighted by molar-refractivity contribution is 6.08. The molecule has 4 aromatic rings. The maximum absolute atomic E-state index is 12.4. The van der Waals surface area contributed by atoms with Gasteiger partial charge in [-0.25, -0.2) is 5.43 Å². The summed E-state index contributed by atoms with van der Waals surface area (Å²) in [6.45, 7) is 0. The van der Waals surface area contributed by atoms with Crippen molar-refractivity contribution in [3.05, 3.63) is 82.1 Å². The van der Waals surface area contributed by atoms with Crippen molar-refractivity contribution in [2.45, 2.75) is 0 Å². The number of nitro benzene ring substituents is 1. The van der Waals surface area contributed by atoms with Crippen LogP contribution in [0.2, 0.25) is 0 Å². The van der Waals surface area contributed by atoms with Crippen LogP contribution in [0.4, 0.5) is 5.69 Å². The number of nitro groups is 1. The second kappa shape index (κ2) is 7.43. The molecule has 0 fully saturated rings. The number of hydrazone groups is 1. The Balaban J connectivity index is 1.55. The average Bonchev–Trinajstić information content (AvgIpc) is 3.18. The van der Waals surface area contributed by atoms with E-state index in [0.29, 0.717) is 11.1 Å². The zero-order valence-electron chi connectivity index (χ0n) is 15.3. The smallest absolute Gasteiger partial charge is 0.311 e. The molecule has 0 spiro atoms. The first-order valence-electron chi connectivity index (χ1n) is 8.64. The largest absolute Gasteiger partial charge is 0.490 e. The second-order valence-electron chi connectivity index (χ2n) is 6.20. The highest BCUT2D eigenvalue weighted by Crippen LogP contribution is 2.28. The molecule has 0 bridgehead atoms. The molecular formula is C21H15N3O5. The standard InChI is InChI=1S/C21H15N3O5/c1-28-19-8-6-13(10-17(19)24(26)27)12-22-23-21(25)20-11-16-15-5-3-2-4-14(15)7-9-18(16)29-20/h2-12H,1H3,(H,23,25)/b22-12-. The van der Waals surface area contributed by atoms with Crippen molar-refractivity contribution in [1.82, 2.24) is 5.43 Å². The molecule has 1 heterocycles. The van der Waals surface area contributed by atoms with Crippen molar-refractivity contribution in [2.24, 2.45) is 5.10 Å². The topological polar surface area (TPSA) is 107 Å². The monoisotopic (exact) mass is 389 g/mol. The number of ether oxygens (including phenoxy) is 1. The fourth-order valence-electron chi connectivity index (χ4n) is 3.05. The Morgan fingerprint density at radius 3 is 2.76 bits per heavy atom. The summed E-state index contributed by atoms with van der Waals surface area (Å²) >= 11 is 0. The van der Waals surface area contributed by atoms with Crippen molar-refractivity contribution in [1.29, 1.82) is 0 Å². The minimum Gasteiger partial charge on any atom is -0.490 e. The second-order valence-corrected chi connectivity index (χ2v) is 6.20. The zero-order valence-corrected chi connectivity index (χ0v) is 15.3. The highest BCUT2D eigenvalue weighted by Gasteiger charge is 2.15. The van der Waals surface area contributed by atoms with Crippen LogP contribution in [0.1, 0.15) is 16.1 Å². The third-order valence-corrected chi connectivity index (χ3v) is 4.43. The maximum Gasteiger partial charge on any atom is 0.311 e. The lowest BCUT2D eigenvalue weighted by Crippen LogP contribution is -2.16. The van der Waals surface area contributed by atoms with Gasteiger partial charge in [0.05, 0.1) is 18.2 Å². The lowest BCUT2D eigenvalue weighted by molar-refractivity contribution is -0.385. The van der Waals surface area contributed by atoms with Gasteiger partial charge in [0.2, 0.25) is 0 Å². The van der Waals surface area contributed by atoms with E-state index in [-0.39, 0.29) is 17.2 Å². The van der Waals surface area contributed by atoms with Crippen LogP contribution in [0, 0.1) is 10.1 Å². The van der Waals surface area contributed by atoms with Gasteiger partial charge in [0.25, 0.3) is 0 Å². The molecule has 0 aliphatic rings. The Bertz CT molecular complexity index is 1280. The molecule has 144 valence electrons. The molecule has 1 N–H and O–H groups in total. The van der Waals surface area contributed by atoms with E-state index in [0.717, 1.165) is 16.2 Å². The molecule has 0 atom stereocenters. The first kappa shape index (κ1) is 18.2. The number of furan rings is 1. The van der Waals surface area contributed by atoms with Crippen LogP contribution in [0.25, 0.3) is 21.7 Å². The van der Waals surface area contributed by atoms with Crippen LogP contribution < -0.4 is 10.2 Å². The van der Waals surface area contributed by atoms with Crippen molar-refractivity contribution < 1.29 is 18.9 Å². The number of hydrogen-bond donors (Lipinski definition) is 1. The van der Waals surface area contributed by atoms with Gasteiger partial charge in [-0.05, 0) is 35.0 Å². The maximum atomic E-state index is 12.4. The SMILES string of the molecule is COc1ccc(/C=N\NC(=O)c2cc3c(ccc4ccccc43)o2)cc1[N+](=O)[O-]. The van der Waals surface area contributed by atoms with Gasteiger partial charge in [0.1, 0.15) is 5.58 Å². The zero-order chi connectivity index (χ0) is 20.4. The number of nitrogens with one attached hydrogen (secondary N) is 1. The van der Waals surface area contributed by atoms with Crippen LogP contribution >= 0.6 is 0 Å². The summed E-state index contributed by atoms with van der Waals surface area (Å²) in [5.74, 6) is -0.260. The summed E-state index contributed by atoms with van der Waals surface area (Å²) in [5, 5.41) is 17.8. The van der Waals surface area contributed by atoms with Crippen LogP contribution in [-0.4, -0.2) is 24.2 Å². The molecule has 0 saturated carbocycles. The Kier molecular flexibility index (Phi) is 4.66. The van der Waals surface area contributed by atoms with Gasteiger partial charge in [-0.3, -0.25) is 14.9 Å². The van der Waals surface area contributed by atoms with Gasteiger partial charge in [-0.1, -0.05) is 30.3 Å². The molecule has 8 heteroatoms. The molecule has 29 heavy (non-hydrogen) atoms. The van der Waals surface area contributed by atoms with Crippen molar-refractivity contribution in [3.8, 4) is 5.75 Å². The van der Waals surface area contributed by atoms with Crippen LogP contribution in [-0.2, 0) is 0 Å². The van der Waals surface area contributed by atoms with Gasteiger partial charge < -0.3 is 9.15 Å². The number of benzene rings is 3. The Labute approximate surface area is 164 Å². The van der Waals surface area contributed by atoms with E-state index >= 15 is 0 Å². The lowest BCUT2D eigenvalue weighted by atomic mass is 10.1. The fourth-order valence-corrected chi connectivity index (χ4v) is 3.05. The van der Waals surface area contributed by atoms with Gasteiger partial charge >= 0.3 is 11.6 Å². The van der Waals surface area contributed by atoms with E-state index < -0.39 is 10.8 Å². The molecule has 4 rings (SSSR count). The van der Waals surface area contributed by atoms with Crippen LogP contribution in [0.5, 0.6) is 5.75 Å². The minimum atomic E-state index is -0.548. The normalized spacial score (nSPS) is 11.2. The first-order valence-corrected chi connectivity index (χ1v) is 8.64. The molecular weight excluding hydrogens is 374 g/mol. The Morgan fingerprint density at radius 1 is 1.14 bits per heavy atom. The van der Waals surface area contributed by atoms with E-state index in [9.17, 15) is 14.9 Å². The van der Waals surface area contributed by atoms with Gasteiger partial charge in [0, 0.05) is 17.0 Å². The van der Waals surface area contributed by atoms with Gasteiger partial charge in [-0.15, -0.1) is 0 Å². The van der Waals surface area contributed by atoms with Gasteiger partial charge in [0.15, 0.2) is 11.5 Å². The number of amides is 1. The summed E-state index contributed by atoms with van der Waals surface area (Å²) in [6.07, 6.45) is 1.31. The molecule has 1 amide bonds. The molecule has 3 aromatic carbocycles. The summed E-state index contributed by atoms with van der Waals surface area (Å²) < 4.78 is 10.6. The summed E-state index contributed by atoms with van der Waals surface area (Å²) in [6, 6.07) is 17.6. The van der Waals surface area contributed by atoms with Crippen molar-refractivity contribution in [2.75, 3.05) is 7.11 Å². The number of methoxy groups -OCH3 is 1. The third-order valence-electron chi connectivity index (χ3n) is 4.43. The van der Waals surface area contributed by atoms with E-state index in [4.69, 9.17) is 9.15 Å². The molecule has 0 unspecified atom stereocenters. The predicted molar refractivity (Wildman–Crippen MR) is 108 cm³/mol. The minimum absolute atomic E-state index is 0.120. The van der Waals surface area contributed by atoms with Crippen molar-refractivity contribution >= 4 is 39.6 Å². The lowest BCUT2D eigenvalue weighted by Gasteiger charge is -2.01. The Hall–Kier alpha value is -4.20. The van der Waals surface area contributed by atoms with Gasteiger partial charge in [-0.2, -0.15) is 5.10 Å². The van der Waals surface area contributed by atoms with Crippen LogP contribution in [0.15, 0.2) is 70.2 Å². The number of carbonyl (C=O) groups excluding carboxylic acids is 1. The number of fused-ring (bicyclic) bond motifs is 3. The summed E-state index contributed by atoms with van der Waals surface area (Å²) in [7, 11) is 1.35. The molecule has 0 radical (unpaired) electrons. The summed E-state index contributed by atoms with van der Waals surface area (Å²) in [5.41, 5.74) is 3.22. The number of nitrogens with zero attached hydrogens (tertiary/aromatic N) is 2. The number of carbonyl (C=O) groups is 1. The molecule has 0 aliphatic heterocycles. The summed E-state index contributed by atoms with van der Waals surface area (Å²) in [4.78, 5) is 22.9. The van der Waals surface area contributed by atoms with E-state index in [2.05, 4.69) is 10.5 Å². The number of hydrogen-bond acceptors (Lipinski definition) is 6. The van der Waals surface area contributed by atoms with E-state index in [1.54, 1.807) is 12.1 Å². The molecule has 0 aliphatic carbocycles. The van der Waals surface area contributed by atoms with E-state index in [1.165, 1.54) is 25.5 Å². The quantitative estimate of drug-likeness (QED) is 0.312. The average molecular weight is 389 g/mol. The van der Waals surface area contributed by atoms with E-state index in [1.807, 2.05) is 36.4 Å². The van der Waals surface area contributed by atoms with Crippen molar-refractivity contribution in [3.63, 3.8) is 0 Å². The highest BCUT2D eigenvalue weighted by atomic mass is 16.6. The fraction of sp³-hybridized carbons (Fsp3) is 0.0476. The molecule has 8 nitrogen and oxygen atoms in total. The predicted octanol–water partition coefficient (Wildman–Crippen LogP) is 4.27. The molecule has 0 saturated heterocycles. The third kappa shape index (κ3) is 3.51. The molecule has 1 aromatic heterocycles. The number of rotatable bonds is 5. The Morgan fingerprint density at radius 2 is 1.97 bits per heavy atom.